The van der Waals surface area contributed by atoms with Crippen LogP contribution < -0.4 is 5.32 Å². The van der Waals surface area contributed by atoms with Gasteiger partial charge in [-0.05, 0) is 42.3 Å². The van der Waals surface area contributed by atoms with E-state index in [-0.39, 0.29) is 11.9 Å². The van der Waals surface area contributed by atoms with Crippen molar-refractivity contribution in [3.05, 3.63) is 71.0 Å². The summed E-state index contributed by atoms with van der Waals surface area (Å²) in [5.74, 6) is -0.261. The number of benzene rings is 2. The van der Waals surface area contributed by atoms with Gasteiger partial charge in [0.05, 0.1) is 17.7 Å². The SMILES string of the molecule is C[C@H](NCC(O)c1ccc(C#N)cc1)c1ccc(F)cc1. The molecule has 21 heavy (non-hydrogen) atoms. The van der Waals surface area contributed by atoms with Crippen LogP contribution in [-0.2, 0) is 0 Å². The van der Waals surface area contributed by atoms with Gasteiger partial charge in [-0.25, -0.2) is 4.39 Å². The molecule has 0 saturated heterocycles. The van der Waals surface area contributed by atoms with E-state index in [0.717, 1.165) is 11.1 Å². The molecule has 3 nitrogen and oxygen atoms in total. The fourth-order valence-electron chi connectivity index (χ4n) is 2.06. The molecule has 0 spiro atoms. The highest BCUT2D eigenvalue weighted by Gasteiger charge is 2.10. The van der Waals surface area contributed by atoms with E-state index in [1.807, 2.05) is 13.0 Å². The predicted molar refractivity (Wildman–Crippen MR) is 78.9 cm³/mol. The monoisotopic (exact) mass is 284 g/mol. The van der Waals surface area contributed by atoms with Gasteiger partial charge in [-0.15, -0.1) is 0 Å². The molecule has 2 atom stereocenters. The summed E-state index contributed by atoms with van der Waals surface area (Å²) in [4.78, 5) is 0. The van der Waals surface area contributed by atoms with Gasteiger partial charge in [0.25, 0.3) is 0 Å². The van der Waals surface area contributed by atoms with Crippen LogP contribution in [0, 0.1) is 17.1 Å². The molecule has 2 aromatic rings. The molecule has 2 N–H and O–H groups in total. The van der Waals surface area contributed by atoms with Crippen molar-refractivity contribution in [2.45, 2.75) is 19.1 Å². The Labute approximate surface area is 123 Å². The molecule has 1 unspecified atom stereocenters. The highest BCUT2D eigenvalue weighted by Crippen LogP contribution is 2.16. The van der Waals surface area contributed by atoms with Crippen molar-refractivity contribution in [2.75, 3.05) is 6.54 Å². The fraction of sp³-hybridized carbons (Fsp3) is 0.235. The van der Waals surface area contributed by atoms with E-state index in [0.29, 0.717) is 12.1 Å². The maximum Gasteiger partial charge on any atom is 0.123 e. The first-order valence-corrected chi connectivity index (χ1v) is 6.77. The smallest absolute Gasteiger partial charge is 0.123 e. The van der Waals surface area contributed by atoms with Crippen LogP contribution in [0.1, 0.15) is 35.8 Å². The van der Waals surface area contributed by atoms with E-state index < -0.39 is 6.10 Å². The number of halogens is 1. The number of nitrogens with zero attached hydrogens (tertiary/aromatic N) is 1. The maximum absolute atomic E-state index is 12.9. The number of nitrogens with one attached hydrogen (secondary N) is 1. The van der Waals surface area contributed by atoms with Crippen LogP contribution in [0.25, 0.3) is 0 Å². The summed E-state index contributed by atoms with van der Waals surface area (Å²) in [6.07, 6.45) is -0.652. The van der Waals surface area contributed by atoms with Gasteiger partial charge in [-0.1, -0.05) is 24.3 Å². The van der Waals surface area contributed by atoms with E-state index in [4.69, 9.17) is 5.26 Å². The Hall–Kier alpha value is -2.22. The van der Waals surface area contributed by atoms with Gasteiger partial charge < -0.3 is 10.4 Å². The van der Waals surface area contributed by atoms with E-state index in [2.05, 4.69) is 5.32 Å². The standard InChI is InChI=1S/C17H17FN2O/c1-12(14-6-8-16(18)9-7-14)20-11-17(21)15-4-2-13(10-19)3-5-15/h2-9,12,17,20-21H,11H2,1H3/t12-,17?/m0/s1. The predicted octanol–water partition coefficient (Wildman–Crippen LogP) is 3.08. The lowest BCUT2D eigenvalue weighted by Crippen LogP contribution is -2.24. The molecule has 0 bridgehead atoms. The third kappa shape index (κ3) is 4.12. The van der Waals surface area contributed by atoms with Gasteiger partial charge >= 0.3 is 0 Å². The lowest BCUT2D eigenvalue weighted by Gasteiger charge is -2.18. The minimum absolute atomic E-state index is 0.0126. The highest BCUT2D eigenvalue weighted by atomic mass is 19.1. The normalized spacial score (nSPS) is 13.4. The topological polar surface area (TPSA) is 56.0 Å². The van der Waals surface area contributed by atoms with Crippen LogP contribution in [0.15, 0.2) is 48.5 Å². The number of aliphatic hydroxyl groups excluding tert-OH is 1. The van der Waals surface area contributed by atoms with Crippen LogP contribution in [0.2, 0.25) is 0 Å². The van der Waals surface area contributed by atoms with E-state index in [1.54, 1.807) is 36.4 Å². The lowest BCUT2D eigenvalue weighted by molar-refractivity contribution is 0.171. The molecule has 0 amide bonds. The van der Waals surface area contributed by atoms with Crippen LogP contribution >= 0.6 is 0 Å². The van der Waals surface area contributed by atoms with Crippen LogP contribution in [0.3, 0.4) is 0 Å². The Morgan fingerprint density at radius 3 is 2.24 bits per heavy atom. The summed E-state index contributed by atoms with van der Waals surface area (Å²) in [5.41, 5.74) is 2.29. The largest absolute Gasteiger partial charge is 0.387 e. The average Bonchev–Trinajstić information content (AvgIpc) is 2.53. The molecule has 0 saturated carbocycles. The first-order valence-electron chi connectivity index (χ1n) is 6.77. The summed E-state index contributed by atoms with van der Waals surface area (Å²) in [7, 11) is 0. The summed E-state index contributed by atoms with van der Waals surface area (Å²) >= 11 is 0. The molecule has 0 aliphatic rings. The molecule has 0 fully saturated rings. The highest BCUT2D eigenvalue weighted by molar-refractivity contribution is 5.32. The Morgan fingerprint density at radius 1 is 1.10 bits per heavy atom. The summed E-state index contributed by atoms with van der Waals surface area (Å²) in [5, 5.41) is 22.1. The van der Waals surface area contributed by atoms with Crippen LogP contribution in [0.5, 0.6) is 0 Å². The van der Waals surface area contributed by atoms with E-state index >= 15 is 0 Å². The zero-order chi connectivity index (χ0) is 15.2. The first kappa shape index (κ1) is 15.2. The molecule has 4 heteroatoms. The number of hydrogen-bond acceptors (Lipinski definition) is 3. The molecular formula is C17H17FN2O. The zero-order valence-corrected chi connectivity index (χ0v) is 11.8. The Balaban J connectivity index is 1.92. The molecule has 0 aliphatic heterocycles. The van der Waals surface area contributed by atoms with Crippen molar-refractivity contribution in [3.8, 4) is 6.07 Å². The van der Waals surface area contributed by atoms with Gasteiger partial charge in [0.1, 0.15) is 5.82 Å². The minimum atomic E-state index is -0.652. The van der Waals surface area contributed by atoms with Gasteiger partial charge in [0, 0.05) is 12.6 Å². The van der Waals surface area contributed by atoms with Crippen molar-refractivity contribution in [1.82, 2.24) is 5.32 Å². The molecule has 2 rings (SSSR count). The Bertz CT molecular complexity index is 617. The third-order valence-electron chi connectivity index (χ3n) is 3.41. The zero-order valence-electron chi connectivity index (χ0n) is 11.8. The van der Waals surface area contributed by atoms with Crippen molar-refractivity contribution in [3.63, 3.8) is 0 Å². The Morgan fingerprint density at radius 2 is 1.67 bits per heavy atom. The van der Waals surface area contributed by atoms with Crippen molar-refractivity contribution in [2.24, 2.45) is 0 Å². The molecule has 2 aromatic carbocycles. The number of hydrogen-bond donors (Lipinski definition) is 2. The van der Waals surface area contributed by atoms with Crippen molar-refractivity contribution in [1.29, 1.82) is 5.26 Å². The molecule has 0 aromatic heterocycles. The third-order valence-corrected chi connectivity index (χ3v) is 3.41. The summed E-state index contributed by atoms with van der Waals surface area (Å²) in [6, 6.07) is 15.2. The molecule has 108 valence electrons. The molecule has 0 aliphatic carbocycles. The van der Waals surface area contributed by atoms with Crippen molar-refractivity contribution >= 4 is 0 Å². The maximum atomic E-state index is 12.9. The molecule has 0 radical (unpaired) electrons. The first-order chi connectivity index (χ1) is 10.1. The fourth-order valence-corrected chi connectivity index (χ4v) is 2.06. The van der Waals surface area contributed by atoms with Gasteiger partial charge in [0.2, 0.25) is 0 Å². The second kappa shape index (κ2) is 6.98. The van der Waals surface area contributed by atoms with Gasteiger partial charge in [-0.2, -0.15) is 5.26 Å². The number of nitriles is 1. The Kier molecular flexibility index (Phi) is 5.04. The van der Waals surface area contributed by atoms with Gasteiger partial charge in [0.15, 0.2) is 0 Å². The quantitative estimate of drug-likeness (QED) is 0.887. The second-order valence-corrected chi connectivity index (χ2v) is 4.93. The van der Waals surface area contributed by atoms with E-state index in [9.17, 15) is 9.50 Å². The lowest BCUT2D eigenvalue weighted by atomic mass is 10.1. The summed E-state index contributed by atoms with van der Waals surface area (Å²) < 4.78 is 12.9. The number of aliphatic hydroxyl groups is 1. The minimum Gasteiger partial charge on any atom is -0.387 e. The van der Waals surface area contributed by atoms with Crippen LogP contribution in [0.4, 0.5) is 4.39 Å². The molecule has 0 heterocycles. The van der Waals surface area contributed by atoms with Crippen molar-refractivity contribution < 1.29 is 9.50 Å². The number of rotatable bonds is 5. The van der Waals surface area contributed by atoms with Crippen LogP contribution in [-0.4, -0.2) is 11.7 Å². The van der Waals surface area contributed by atoms with Gasteiger partial charge in [-0.3, -0.25) is 0 Å². The second-order valence-electron chi connectivity index (χ2n) is 4.93. The average molecular weight is 284 g/mol. The van der Waals surface area contributed by atoms with E-state index in [1.165, 1.54) is 12.1 Å². The summed E-state index contributed by atoms with van der Waals surface area (Å²) in [6.45, 7) is 2.34. The molecular weight excluding hydrogens is 267 g/mol.